The lowest BCUT2D eigenvalue weighted by atomic mass is 10.3. The second-order valence-electron chi connectivity index (χ2n) is 3.43. The molecular weight excluding hydrogens is 320 g/mol. The summed E-state index contributed by atoms with van der Waals surface area (Å²) in [7, 11) is -3.83. The molecule has 0 atom stereocenters. The van der Waals surface area contributed by atoms with Gasteiger partial charge >= 0.3 is 0 Å². The number of para-hydroxylation sites is 1. The lowest BCUT2D eigenvalue weighted by Gasteiger charge is -2.08. The van der Waals surface area contributed by atoms with Crippen molar-refractivity contribution in [3.05, 3.63) is 47.1 Å². The number of nitrogens with one attached hydrogen (secondary N) is 1. The van der Waals surface area contributed by atoms with Gasteiger partial charge in [-0.05, 0) is 40.2 Å². The van der Waals surface area contributed by atoms with E-state index in [9.17, 15) is 13.5 Å². The van der Waals surface area contributed by atoms with Gasteiger partial charge in [-0.2, -0.15) is 0 Å². The van der Waals surface area contributed by atoms with E-state index in [1.54, 1.807) is 12.1 Å². The Morgan fingerprint density at radius 2 is 1.89 bits per heavy atom. The van der Waals surface area contributed by atoms with Crippen LogP contribution in [0.5, 0.6) is 5.75 Å². The van der Waals surface area contributed by atoms with E-state index in [0.717, 1.165) is 4.47 Å². The molecule has 0 saturated heterocycles. The minimum absolute atomic E-state index is 0.182. The van der Waals surface area contributed by atoms with Crippen LogP contribution in [0, 0.1) is 0 Å². The Balaban J connectivity index is 2.33. The lowest BCUT2D eigenvalue weighted by molar-refractivity contribution is 0.459. The Bertz CT molecular complexity index is 656. The van der Waals surface area contributed by atoms with E-state index in [2.05, 4.69) is 25.6 Å². The summed E-state index contributed by atoms with van der Waals surface area (Å²) < 4.78 is 27.0. The summed E-state index contributed by atoms with van der Waals surface area (Å²) in [5.41, 5.74) is 0. The van der Waals surface area contributed by atoms with Gasteiger partial charge in [0.2, 0.25) is 0 Å². The first kappa shape index (κ1) is 12.8. The minimum Gasteiger partial charge on any atom is -0.507 e. The van der Waals surface area contributed by atoms with Gasteiger partial charge in [0, 0.05) is 10.7 Å². The van der Waals surface area contributed by atoms with Crippen LogP contribution in [0.2, 0.25) is 0 Å². The van der Waals surface area contributed by atoms with E-state index < -0.39 is 10.0 Å². The summed E-state index contributed by atoms with van der Waals surface area (Å²) in [5.74, 6) is -0.122. The molecule has 18 heavy (non-hydrogen) atoms. The van der Waals surface area contributed by atoms with Gasteiger partial charge in [0.05, 0.1) is 0 Å². The highest BCUT2D eigenvalue weighted by molar-refractivity contribution is 9.10. The summed E-state index contributed by atoms with van der Waals surface area (Å²) in [6, 6.07) is 8.88. The van der Waals surface area contributed by atoms with E-state index in [0.29, 0.717) is 0 Å². The molecule has 0 aliphatic rings. The van der Waals surface area contributed by atoms with Crippen LogP contribution >= 0.6 is 15.9 Å². The van der Waals surface area contributed by atoms with Crippen molar-refractivity contribution in [2.24, 2.45) is 0 Å². The molecule has 5 nitrogen and oxygen atoms in total. The monoisotopic (exact) mass is 328 g/mol. The maximum Gasteiger partial charge on any atom is 0.266 e. The average Bonchev–Trinajstić information content (AvgIpc) is 2.32. The molecular formula is C11H9BrN2O3S. The first-order chi connectivity index (χ1) is 8.49. The van der Waals surface area contributed by atoms with Gasteiger partial charge in [0.25, 0.3) is 10.0 Å². The van der Waals surface area contributed by atoms with Crippen LogP contribution in [0.25, 0.3) is 0 Å². The predicted octanol–water partition coefficient (Wildman–Crippen LogP) is 2.35. The van der Waals surface area contributed by atoms with E-state index >= 15 is 0 Å². The molecule has 94 valence electrons. The third-order valence-electron chi connectivity index (χ3n) is 2.12. The summed E-state index contributed by atoms with van der Waals surface area (Å²) in [4.78, 5) is 3.71. The molecule has 1 aromatic carbocycles. The van der Waals surface area contributed by atoms with Crippen molar-refractivity contribution in [2.75, 3.05) is 4.72 Å². The molecule has 7 heteroatoms. The second-order valence-corrected chi connectivity index (χ2v) is 6.00. The van der Waals surface area contributed by atoms with Crippen LogP contribution in [0.15, 0.2) is 52.0 Å². The summed E-state index contributed by atoms with van der Waals surface area (Å²) >= 11 is 3.20. The van der Waals surface area contributed by atoms with Crippen molar-refractivity contribution in [3.8, 4) is 5.75 Å². The Morgan fingerprint density at radius 1 is 1.17 bits per heavy atom. The number of phenols is 1. The quantitative estimate of drug-likeness (QED) is 0.906. The van der Waals surface area contributed by atoms with Crippen LogP contribution < -0.4 is 4.72 Å². The zero-order valence-electron chi connectivity index (χ0n) is 9.04. The Kier molecular flexibility index (Phi) is 3.53. The first-order valence-corrected chi connectivity index (χ1v) is 7.19. The number of sulfonamides is 1. The first-order valence-electron chi connectivity index (χ1n) is 4.91. The number of hydrogen-bond donors (Lipinski definition) is 2. The Labute approximate surface area is 113 Å². The highest BCUT2D eigenvalue weighted by Crippen LogP contribution is 2.23. The van der Waals surface area contributed by atoms with Gasteiger partial charge < -0.3 is 5.11 Å². The van der Waals surface area contributed by atoms with Crippen LogP contribution in [0.4, 0.5) is 5.82 Å². The summed E-state index contributed by atoms with van der Waals surface area (Å²) in [6.45, 7) is 0. The lowest BCUT2D eigenvalue weighted by Crippen LogP contribution is -2.13. The molecule has 0 bridgehead atoms. The fraction of sp³-hybridized carbons (Fsp3) is 0. The Hall–Kier alpha value is -1.60. The number of halogens is 1. The van der Waals surface area contributed by atoms with Gasteiger partial charge in [-0.1, -0.05) is 12.1 Å². The maximum absolute atomic E-state index is 12.0. The zero-order chi connectivity index (χ0) is 13.2. The van der Waals surface area contributed by atoms with Crippen molar-refractivity contribution < 1.29 is 13.5 Å². The molecule has 0 radical (unpaired) electrons. The fourth-order valence-corrected chi connectivity index (χ4v) is 2.65. The van der Waals surface area contributed by atoms with E-state index in [1.807, 2.05) is 0 Å². The molecule has 0 amide bonds. The number of aromatic hydroxyl groups is 1. The number of anilines is 1. The number of nitrogens with zero attached hydrogens (tertiary/aromatic N) is 1. The van der Waals surface area contributed by atoms with Crippen LogP contribution in [0.1, 0.15) is 0 Å². The molecule has 2 aromatic rings. The number of benzene rings is 1. The molecule has 0 fully saturated rings. The molecule has 0 aliphatic heterocycles. The normalized spacial score (nSPS) is 11.2. The number of pyridine rings is 1. The summed E-state index contributed by atoms with van der Waals surface area (Å²) in [5, 5.41) is 9.52. The number of phenolic OH excluding ortho intramolecular Hbond substituents is 1. The summed E-state index contributed by atoms with van der Waals surface area (Å²) in [6.07, 6.45) is 1.47. The van der Waals surface area contributed by atoms with Crippen molar-refractivity contribution >= 4 is 31.8 Å². The smallest absolute Gasteiger partial charge is 0.266 e. The van der Waals surface area contributed by atoms with Gasteiger partial charge in [-0.15, -0.1) is 0 Å². The SMILES string of the molecule is O=S(=O)(Nc1ccc(Br)cn1)c1ccccc1O. The second kappa shape index (κ2) is 4.95. The fourth-order valence-electron chi connectivity index (χ4n) is 1.31. The largest absolute Gasteiger partial charge is 0.507 e. The van der Waals surface area contributed by atoms with Crippen molar-refractivity contribution in [1.29, 1.82) is 0 Å². The van der Waals surface area contributed by atoms with Gasteiger partial charge in [-0.25, -0.2) is 13.4 Å². The van der Waals surface area contributed by atoms with E-state index in [1.165, 1.54) is 30.5 Å². The van der Waals surface area contributed by atoms with E-state index in [4.69, 9.17) is 0 Å². The van der Waals surface area contributed by atoms with Crippen molar-refractivity contribution in [1.82, 2.24) is 4.98 Å². The van der Waals surface area contributed by atoms with Gasteiger partial charge in [-0.3, -0.25) is 4.72 Å². The third kappa shape index (κ3) is 2.80. The van der Waals surface area contributed by atoms with Gasteiger partial charge in [0.1, 0.15) is 16.5 Å². The van der Waals surface area contributed by atoms with Crippen LogP contribution in [-0.4, -0.2) is 18.5 Å². The maximum atomic E-state index is 12.0. The molecule has 0 aliphatic carbocycles. The molecule has 0 spiro atoms. The van der Waals surface area contributed by atoms with Gasteiger partial charge in [0.15, 0.2) is 0 Å². The number of rotatable bonds is 3. The van der Waals surface area contributed by atoms with Crippen LogP contribution in [-0.2, 0) is 10.0 Å². The molecule has 2 rings (SSSR count). The zero-order valence-corrected chi connectivity index (χ0v) is 11.4. The predicted molar refractivity (Wildman–Crippen MR) is 70.9 cm³/mol. The molecule has 0 unspecified atom stereocenters. The molecule has 2 N–H and O–H groups in total. The number of aromatic nitrogens is 1. The standard InChI is InChI=1S/C11H9BrN2O3S/c12-8-5-6-11(13-7-8)14-18(16,17)10-4-2-1-3-9(10)15/h1-7,15H,(H,13,14). The van der Waals surface area contributed by atoms with Crippen molar-refractivity contribution in [3.63, 3.8) is 0 Å². The third-order valence-corrected chi connectivity index (χ3v) is 3.99. The topological polar surface area (TPSA) is 79.3 Å². The van der Waals surface area contributed by atoms with E-state index in [-0.39, 0.29) is 16.5 Å². The number of hydrogen-bond acceptors (Lipinski definition) is 4. The highest BCUT2D eigenvalue weighted by atomic mass is 79.9. The van der Waals surface area contributed by atoms with Crippen molar-refractivity contribution in [2.45, 2.75) is 4.90 Å². The van der Waals surface area contributed by atoms with Crippen LogP contribution in [0.3, 0.4) is 0 Å². The highest BCUT2D eigenvalue weighted by Gasteiger charge is 2.18. The Morgan fingerprint density at radius 3 is 2.50 bits per heavy atom. The molecule has 0 saturated carbocycles. The molecule has 1 aromatic heterocycles. The average molecular weight is 329 g/mol. The molecule has 1 heterocycles. The minimum atomic E-state index is -3.83.